The topological polar surface area (TPSA) is 33.2 Å². The summed E-state index contributed by atoms with van der Waals surface area (Å²) in [5, 5.41) is -0.323. The average molecular weight is 379 g/mol. The fourth-order valence-corrected chi connectivity index (χ4v) is 3.57. The smallest absolute Gasteiger partial charge is 0.255 e. The summed E-state index contributed by atoms with van der Waals surface area (Å²) in [4.78, 5) is 18.5. The van der Waals surface area contributed by atoms with Crippen molar-refractivity contribution in [3.8, 4) is 0 Å². The van der Waals surface area contributed by atoms with Gasteiger partial charge in [0, 0.05) is 33.1 Å². The summed E-state index contributed by atoms with van der Waals surface area (Å²) in [6.45, 7) is 0.0974. The molecule has 0 fully saturated rings. The molecule has 0 radical (unpaired) electrons. The Labute approximate surface area is 142 Å². The van der Waals surface area contributed by atoms with E-state index < -0.39 is 11.2 Å². The van der Waals surface area contributed by atoms with Crippen LogP contribution in [0, 0.1) is 5.82 Å². The van der Waals surface area contributed by atoms with Gasteiger partial charge in [-0.05, 0) is 24.3 Å². The van der Waals surface area contributed by atoms with E-state index in [-0.39, 0.29) is 12.5 Å². The maximum absolute atomic E-state index is 14.2. The molecule has 0 spiro atoms. The largest absolute Gasteiger partial charge is 0.339 e. The number of benzene rings is 1. The summed E-state index contributed by atoms with van der Waals surface area (Å²) in [6.07, 6.45) is 1.66. The van der Waals surface area contributed by atoms with E-state index in [2.05, 4.69) is 20.9 Å². The molecule has 1 aliphatic rings. The Morgan fingerprint density at radius 2 is 2.14 bits per heavy atom. The van der Waals surface area contributed by atoms with Crippen molar-refractivity contribution in [1.82, 2.24) is 9.88 Å². The van der Waals surface area contributed by atoms with Gasteiger partial charge in [-0.2, -0.15) is 0 Å². The van der Waals surface area contributed by atoms with Crippen LogP contribution in [-0.4, -0.2) is 31.5 Å². The molecule has 3 rings (SSSR count). The summed E-state index contributed by atoms with van der Waals surface area (Å²) in [7, 11) is 3.79. The van der Waals surface area contributed by atoms with Crippen LogP contribution in [0.3, 0.4) is 0 Å². The lowest BCUT2D eigenvalue weighted by Crippen LogP contribution is -2.44. The first-order chi connectivity index (χ1) is 10.3. The molecule has 0 unspecified atom stereocenters. The van der Waals surface area contributed by atoms with E-state index in [4.69, 9.17) is 11.6 Å². The number of rotatable bonds is 2. The van der Waals surface area contributed by atoms with E-state index in [1.54, 1.807) is 29.3 Å². The first-order valence-electron chi connectivity index (χ1n) is 6.73. The Kier molecular flexibility index (Phi) is 3.81. The second-order valence-corrected chi connectivity index (χ2v) is 7.02. The van der Waals surface area contributed by atoms with Gasteiger partial charge in [-0.3, -0.25) is 9.78 Å². The van der Waals surface area contributed by atoms with E-state index in [1.807, 2.05) is 15.7 Å². The molecule has 3 nitrogen and oxygen atoms in total. The summed E-state index contributed by atoms with van der Waals surface area (Å²) >= 11 is 9.34. The highest BCUT2D eigenvalue weighted by Crippen LogP contribution is 2.36. The molecule has 0 bridgehead atoms. The number of amides is 1. The second-order valence-electron chi connectivity index (χ2n) is 5.70. The molecule has 1 aromatic carbocycles. The second kappa shape index (κ2) is 5.39. The number of halogens is 3. The van der Waals surface area contributed by atoms with Crippen LogP contribution >= 0.6 is 27.5 Å². The molecule has 8 heteroatoms. The molecule has 1 aliphatic heterocycles. The molecule has 0 aliphatic carbocycles. The van der Waals surface area contributed by atoms with Crippen LogP contribution in [0.25, 0.3) is 0 Å². The molecular weight excluding hydrogens is 368 g/mol. The molecule has 0 N–H and O–H groups in total. The lowest BCUT2D eigenvalue weighted by molar-refractivity contribution is 0.0729. The minimum atomic E-state index is -0.615. The van der Waals surface area contributed by atoms with Gasteiger partial charge in [-0.1, -0.05) is 27.5 Å². The number of nitrogens with zero attached hydrogens (tertiary/aromatic N) is 2. The van der Waals surface area contributed by atoms with Crippen molar-refractivity contribution < 1.29 is 9.18 Å². The minimum absolute atomic E-state index is 0.0974. The highest BCUT2D eigenvalue weighted by molar-refractivity contribution is 9.10. The third kappa shape index (κ3) is 2.36. The maximum atomic E-state index is 14.2. The Morgan fingerprint density at radius 1 is 1.41 bits per heavy atom. The van der Waals surface area contributed by atoms with E-state index in [1.165, 1.54) is 6.07 Å². The van der Waals surface area contributed by atoms with Gasteiger partial charge in [0.15, 0.2) is 0 Å². The van der Waals surface area contributed by atoms with Gasteiger partial charge in [0.1, 0.15) is 21.5 Å². The summed E-state index contributed by atoms with van der Waals surface area (Å²) < 4.78 is 14.8. The lowest BCUT2D eigenvalue weighted by atomic mass is 9.59. The molecule has 22 heavy (non-hydrogen) atoms. The number of pyridine rings is 1. The normalized spacial score (nSPS) is 16.0. The van der Waals surface area contributed by atoms with Crippen LogP contribution in [0.1, 0.15) is 21.6 Å². The van der Waals surface area contributed by atoms with Gasteiger partial charge in [0.25, 0.3) is 5.91 Å². The van der Waals surface area contributed by atoms with Crippen molar-refractivity contribution in [3.05, 3.63) is 62.6 Å². The number of carbonyl (C=O) groups is 1. The third-order valence-electron chi connectivity index (χ3n) is 3.96. The molecule has 110 valence electrons. The molecule has 0 saturated heterocycles. The van der Waals surface area contributed by atoms with E-state index in [0.29, 0.717) is 26.3 Å². The zero-order valence-electron chi connectivity index (χ0n) is 12.0. The lowest BCUT2D eigenvalue weighted by Gasteiger charge is -2.32. The van der Waals surface area contributed by atoms with E-state index in [9.17, 15) is 9.18 Å². The number of aromatic nitrogens is 1. The van der Waals surface area contributed by atoms with Crippen molar-refractivity contribution in [2.45, 2.75) is 11.9 Å². The highest BCUT2D eigenvalue weighted by Gasteiger charge is 2.43. The summed E-state index contributed by atoms with van der Waals surface area (Å²) in [5.74, 6) is -0.599. The van der Waals surface area contributed by atoms with Crippen LogP contribution in [0.4, 0.5) is 4.39 Å². The van der Waals surface area contributed by atoms with Crippen molar-refractivity contribution in [3.63, 3.8) is 0 Å². The quantitative estimate of drug-likeness (QED) is 0.744. The van der Waals surface area contributed by atoms with Crippen LogP contribution in [0.5, 0.6) is 0 Å². The number of hydrogen-bond donors (Lipinski definition) is 0. The average Bonchev–Trinajstić information content (AvgIpc) is 2.63. The number of hydrogen-bond acceptors (Lipinski definition) is 2. The standard InChI is InChI=1S/C14H11B2BrClFN2O/c15-14(16)12-8(2-1-3-20-12)13(22)21(14)6-9-10(18)4-7(17)5-11(9)19/h1-5H,6,15-16H2. The molecule has 0 atom stereocenters. The monoisotopic (exact) mass is 378 g/mol. The Hall–Kier alpha value is -1.33. The summed E-state index contributed by atoms with van der Waals surface area (Å²) in [5.41, 5.74) is 1.56. The molecular formula is C14H11B2BrClFN2O. The molecule has 0 saturated carbocycles. The van der Waals surface area contributed by atoms with Crippen LogP contribution in [0.2, 0.25) is 5.02 Å². The molecule has 1 aromatic heterocycles. The first kappa shape index (κ1) is 15.6. The third-order valence-corrected chi connectivity index (χ3v) is 4.75. The van der Waals surface area contributed by atoms with Gasteiger partial charge in [0.05, 0.1) is 11.3 Å². The van der Waals surface area contributed by atoms with Crippen molar-refractivity contribution >= 4 is 49.1 Å². The fraction of sp³-hybridized carbons (Fsp3) is 0.143. The Morgan fingerprint density at radius 3 is 2.77 bits per heavy atom. The number of carbonyl (C=O) groups excluding carboxylic acids is 1. The predicted molar refractivity (Wildman–Crippen MR) is 92.0 cm³/mol. The molecule has 2 heterocycles. The van der Waals surface area contributed by atoms with E-state index >= 15 is 0 Å². The zero-order chi connectivity index (χ0) is 16.1. The SMILES string of the molecule is BC1(B)c2ncccc2C(=O)N1Cc1c(F)cc(Br)cc1Cl. The Bertz CT molecular complexity index is 764. The van der Waals surface area contributed by atoms with Crippen LogP contribution < -0.4 is 0 Å². The fourth-order valence-electron chi connectivity index (χ4n) is 2.74. The zero-order valence-corrected chi connectivity index (χ0v) is 14.4. The van der Waals surface area contributed by atoms with Crippen LogP contribution in [0.15, 0.2) is 34.9 Å². The van der Waals surface area contributed by atoms with Gasteiger partial charge in [-0.15, -0.1) is 0 Å². The van der Waals surface area contributed by atoms with Gasteiger partial charge in [-0.25, -0.2) is 4.39 Å². The molecule has 1 amide bonds. The maximum Gasteiger partial charge on any atom is 0.255 e. The van der Waals surface area contributed by atoms with Crippen molar-refractivity contribution in [2.24, 2.45) is 0 Å². The van der Waals surface area contributed by atoms with E-state index in [0.717, 1.165) is 0 Å². The van der Waals surface area contributed by atoms with Crippen LogP contribution in [-0.2, 0) is 11.9 Å². The Balaban J connectivity index is 2.03. The van der Waals surface area contributed by atoms with Crippen molar-refractivity contribution in [2.75, 3.05) is 0 Å². The van der Waals surface area contributed by atoms with Gasteiger partial charge in [0.2, 0.25) is 0 Å². The predicted octanol–water partition coefficient (Wildman–Crippen LogP) is 1.67. The van der Waals surface area contributed by atoms with Gasteiger partial charge >= 0.3 is 0 Å². The highest BCUT2D eigenvalue weighted by atomic mass is 79.9. The number of fused-ring (bicyclic) bond motifs is 1. The minimum Gasteiger partial charge on any atom is -0.339 e. The molecule has 2 aromatic rings. The van der Waals surface area contributed by atoms with Gasteiger partial charge < -0.3 is 4.90 Å². The van der Waals surface area contributed by atoms with Crippen molar-refractivity contribution in [1.29, 1.82) is 0 Å². The summed E-state index contributed by atoms with van der Waals surface area (Å²) in [6, 6.07) is 6.44. The first-order valence-corrected chi connectivity index (χ1v) is 7.90.